The predicted octanol–water partition coefficient (Wildman–Crippen LogP) is 4.12. The van der Waals surface area contributed by atoms with Gasteiger partial charge in [-0.3, -0.25) is 0 Å². The van der Waals surface area contributed by atoms with E-state index in [0.29, 0.717) is 0 Å². The Kier molecular flexibility index (Phi) is 4.69. The van der Waals surface area contributed by atoms with Crippen molar-refractivity contribution in [3.8, 4) is 0 Å². The molecule has 0 saturated heterocycles. The van der Waals surface area contributed by atoms with Crippen LogP contribution in [0.15, 0.2) is 0 Å². The molecule has 0 amide bonds. The summed E-state index contributed by atoms with van der Waals surface area (Å²) in [4.78, 5) is 0. The number of rotatable bonds is 3. The van der Waals surface area contributed by atoms with E-state index < -0.39 is 0 Å². The van der Waals surface area contributed by atoms with Gasteiger partial charge in [-0.2, -0.15) is 0 Å². The van der Waals surface area contributed by atoms with Gasteiger partial charge in [0, 0.05) is 12.1 Å². The minimum Gasteiger partial charge on any atom is -0.311 e. The molecule has 0 heterocycles. The first-order valence-corrected chi connectivity index (χ1v) is 7.51. The average Bonchev–Trinajstić information content (AvgIpc) is 2.72. The third-order valence-electron chi connectivity index (χ3n) is 4.86. The van der Waals surface area contributed by atoms with E-state index in [1.807, 2.05) is 0 Å². The van der Waals surface area contributed by atoms with Crippen molar-refractivity contribution < 1.29 is 0 Å². The molecule has 1 heteroatoms. The van der Waals surface area contributed by atoms with Crippen LogP contribution in [0.25, 0.3) is 0 Å². The fourth-order valence-corrected chi connectivity index (χ4v) is 3.62. The molecule has 2 saturated carbocycles. The highest BCUT2D eigenvalue weighted by molar-refractivity contribution is 4.82. The second-order valence-corrected chi connectivity index (χ2v) is 6.31. The quantitative estimate of drug-likeness (QED) is 0.710. The Morgan fingerprint density at radius 2 is 1.62 bits per heavy atom. The Hall–Kier alpha value is -0.0400. The van der Waals surface area contributed by atoms with Crippen LogP contribution in [0, 0.1) is 11.8 Å². The average molecular weight is 223 g/mol. The summed E-state index contributed by atoms with van der Waals surface area (Å²) in [7, 11) is 0. The van der Waals surface area contributed by atoms with E-state index >= 15 is 0 Å². The zero-order valence-corrected chi connectivity index (χ0v) is 11.2. The largest absolute Gasteiger partial charge is 0.311 e. The fourth-order valence-electron chi connectivity index (χ4n) is 3.62. The maximum absolute atomic E-state index is 3.92. The van der Waals surface area contributed by atoms with Gasteiger partial charge in [0.1, 0.15) is 0 Å². The van der Waals surface area contributed by atoms with Crippen LogP contribution in [-0.2, 0) is 0 Å². The summed E-state index contributed by atoms with van der Waals surface area (Å²) in [6.45, 7) is 4.84. The van der Waals surface area contributed by atoms with Gasteiger partial charge in [0.2, 0.25) is 0 Å². The van der Waals surface area contributed by atoms with Crippen LogP contribution < -0.4 is 5.32 Å². The van der Waals surface area contributed by atoms with Crippen LogP contribution in [0.4, 0.5) is 0 Å². The van der Waals surface area contributed by atoms with Crippen molar-refractivity contribution in [2.24, 2.45) is 11.8 Å². The third kappa shape index (κ3) is 3.48. The van der Waals surface area contributed by atoms with E-state index in [4.69, 9.17) is 0 Å². The molecule has 0 spiro atoms. The highest BCUT2D eigenvalue weighted by atomic mass is 14.9. The Morgan fingerprint density at radius 3 is 2.38 bits per heavy atom. The smallest absolute Gasteiger partial charge is 0.00697 e. The van der Waals surface area contributed by atoms with Crippen molar-refractivity contribution in [3.05, 3.63) is 0 Å². The van der Waals surface area contributed by atoms with Crippen molar-refractivity contribution in [3.63, 3.8) is 0 Å². The molecule has 3 unspecified atom stereocenters. The van der Waals surface area contributed by atoms with Crippen LogP contribution in [0.5, 0.6) is 0 Å². The summed E-state index contributed by atoms with van der Waals surface area (Å²) in [5.74, 6) is 1.94. The molecule has 0 aromatic rings. The number of hydrogen-bond donors (Lipinski definition) is 1. The van der Waals surface area contributed by atoms with Gasteiger partial charge in [-0.1, -0.05) is 32.6 Å². The van der Waals surface area contributed by atoms with Gasteiger partial charge >= 0.3 is 0 Å². The molecule has 0 aromatic heterocycles. The molecule has 0 aliphatic heterocycles. The van der Waals surface area contributed by atoms with Crippen LogP contribution in [0.3, 0.4) is 0 Å². The van der Waals surface area contributed by atoms with Crippen LogP contribution in [0.1, 0.15) is 71.6 Å². The topological polar surface area (TPSA) is 12.0 Å². The normalized spacial score (nSPS) is 34.9. The lowest BCUT2D eigenvalue weighted by molar-refractivity contribution is 0.322. The molecule has 0 aromatic carbocycles. The summed E-state index contributed by atoms with van der Waals surface area (Å²) < 4.78 is 0. The van der Waals surface area contributed by atoms with Gasteiger partial charge in [0.25, 0.3) is 0 Å². The second-order valence-electron chi connectivity index (χ2n) is 6.31. The van der Waals surface area contributed by atoms with E-state index in [1.165, 1.54) is 57.8 Å². The summed E-state index contributed by atoms with van der Waals surface area (Å²) in [5, 5.41) is 3.92. The summed E-state index contributed by atoms with van der Waals surface area (Å²) in [6, 6.07) is 1.58. The Balaban J connectivity index is 1.74. The monoisotopic (exact) mass is 223 g/mol. The molecule has 2 aliphatic rings. The van der Waals surface area contributed by atoms with Crippen LogP contribution in [-0.4, -0.2) is 12.1 Å². The Bertz CT molecular complexity index is 196. The molecule has 3 atom stereocenters. The van der Waals surface area contributed by atoms with E-state index in [-0.39, 0.29) is 0 Å². The molecular formula is C15H29N. The number of hydrogen-bond acceptors (Lipinski definition) is 1. The molecule has 2 fully saturated rings. The van der Waals surface area contributed by atoms with E-state index in [9.17, 15) is 0 Å². The van der Waals surface area contributed by atoms with Crippen LogP contribution >= 0.6 is 0 Å². The van der Waals surface area contributed by atoms with Gasteiger partial charge in [0.05, 0.1) is 0 Å². The SMILES string of the molecule is CC1CCCC(NC(C)C2CCCC2)CC1. The predicted molar refractivity (Wildman–Crippen MR) is 70.6 cm³/mol. The molecule has 16 heavy (non-hydrogen) atoms. The first-order valence-electron chi connectivity index (χ1n) is 7.51. The van der Waals surface area contributed by atoms with Gasteiger partial charge < -0.3 is 5.32 Å². The third-order valence-corrected chi connectivity index (χ3v) is 4.86. The highest BCUT2D eigenvalue weighted by Gasteiger charge is 2.24. The molecular weight excluding hydrogens is 194 g/mol. The molecule has 94 valence electrons. The summed E-state index contributed by atoms with van der Waals surface area (Å²) in [5.41, 5.74) is 0. The van der Waals surface area contributed by atoms with E-state index in [1.54, 1.807) is 0 Å². The molecule has 0 radical (unpaired) electrons. The molecule has 1 nitrogen and oxygen atoms in total. The van der Waals surface area contributed by atoms with Gasteiger partial charge in [-0.15, -0.1) is 0 Å². The van der Waals surface area contributed by atoms with Crippen LogP contribution in [0.2, 0.25) is 0 Å². The first kappa shape index (κ1) is 12.4. The highest BCUT2D eigenvalue weighted by Crippen LogP contribution is 2.29. The number of nitrogens with one attached hydrogen (secondary N) is 1. The second kappa shape index (κ2) is 6.05. The minimum absolute atomic E-state index is 0.765. The lowest BCUT2D eigenvalue weighted by Gasteiger charge is -2.26. The molecule has 2 aliphatic carbocycles. The summed E-state index contributed by atoms with van der Waals surface area (Å²) >= 11 is 0. The van der Waals surface area contributed by atoms with Gasteiger partial charge in [-0.25, -0.2) is 0 Å². The van der Waals surface area contributed by atoms with Crippen molar-refractivity contribution in [2.45, 2.75) is 83.7 Å². The Labute approximate surface area is 101 Å². The summed E-state index contributed by atoms with van der Waals surface area (Å²) in [6.07, 6.45) is 13.0. The molecule has 2 rings (SSSR count). The first-order chi connectivity index (χ1) is 7.75. The van der Waals surface area contributed by atoms with E-state index in [0.717, 1.165) is 23.9 Å². The van der Waals surface area contributed by atoms with Crippen molar-refractivity contribution in [1.82, 2.24) is 5.32 Å². The fraction of sp³-hybridized carbons (Fsp3) is 1.00. The minimum atomic E-state index is 0.765. The standard InChI is InChI=1S/C15H29N/c1-12-6-5-9-15(11-10-12)16-13(2)14-7-3-4-8-14/h12-16H,3-11H2,1-2H3. The lowest BCUT2D eigenvalue weighted by Crippen LogP contribution is -2.40. The van der Waals surface area contributed by atoms with Crippen molar-refractivity contribution >= 4 is 0 Å². The Morgan fingerprint density at radius 1 is 0.875 bits per heavy atom. The van der Waals surface area contributed by atoms with Crippen molar-refractivity contribution in [1.29, 1.82) is 0 Å². The molecule has 1 N–H and O–H groups in total. The lowest BCUT2D eigenvalue weighted by atomic mass is 9.97. The van der Waals surface area contributed by atoms with Crippen molar-refractivity contribution in [2.75, 3.05) is 0 Å². The van der Waals surface area contributed by atoms with Gasteiger partial charge in [-0.05, 0) is 50.9 Å². The van der Waals surface area contributed by atoms with Gasteiger partial charge in [0.15, 0.2) is 0 Å². The maximum atomic E-state index is 3.92. The maximum Gasteiger partial charge on any atom is 0.00697 e. The van der Waals surface area contributed by atoms with E-state index in [2.05, 4.69) is 19.2 Å². The zero-order chi connectivity index (χ0) is 11.4. The molecule has 0 bridgehead atoms. The zero-order valence-electron chi connectivity index (χ0n) is 11.2.